The van der Waals surface area contributed by atoms with Crippen LogP contribution in [0.25, 0.3) is 0 Å². The van der Waals surface area contributed by atoms with Gasteiger partial charge in [0.15, 0.2) is 5.82 Å². The Bertz CT molecular complexity index is 325. The summed E-state index contributed by atoms with van der Waals surface area (Å²) < 4.78 is 0. The summed E-state index contributed by atoms with van der Waals surface area (Å²) in [7, 11) is 0. The van der Waals surface area contributed by atoms with E-state index in [0.29, 0.717) is 18.9 Å². The number of carbonyl (C=O) groups excluding carboxylic acids is 1. The second-order valence-corrected chi connectivity index (χ2v) is 3.85. The van der Waals surface area contributed by atoms with E-state index in [4.69, 9.17) is 5.73 Å². The van der Waals surface area contributed by atoms with Crippen LogP contribution < -0.4 is 11.1 Å². The van der Waals surface area contributed by atoms with Crippen LogP contribution in [0.3, 0.4) is 0 Å². The fourth-order valence-electron chi connectivity index (χ4n) is 1.73. The van der Waals surface area contributed by atoms with Gasteiger partial charge in [0, 0.05) is 6.54 Å². The third-order valence-corrected chi connectivity index (χ3v) is 2.98. The molecule has 0 radical (unpaired) electrons. The zero-order valence-corrected chi connectivity index (χ0v) is 8.36. The minimum Gasteiger partial charge on any atom is -0.348 e. The Morgan fingerprint density at radius 2 is 2.40 bits per heavy atom. The lowest BCUT2D eigenvalue weighted by Gasteiger charge is -2.38. The molecular formula is C8H14N6O. The standard InChI is InChI=1S/C8H14N6O/c9-5-8(2-1-3-8)7(15)10-4-6-11-13-14-12-6/h1-5,9H2,(H,10,15)(H,11,12,13,14). The number of rotatable bonds is 4. The lowest BCUT2D eigenvalue weighted by atomic mass is 9.68. The van der Waals surface area contributed by atoms with Crippen molar-refractivity contribution in [3.63, 3.8) is 0 Å². The molecule has 82 valence electrons. The van der Waals surface area contributed by atoms with E-state index in [1.165, 1.54) is 0 Å². The molecule has 0 aromatic carbocycles. The Kier molecular flexibility index (Phi) is 2.63. The molecule has 1 aliphatic rings. The third-order valence-electron chi connectivity index (χ3n) is 2.98. The van der Waals surface area contributed by atoms with Crippen molar-refractivity contribution in [2.45, 2.75) is 25.8 Å². The van der Waals surface area contributed by atoms with Crippen molar-refractivity contribution in [2.24, 2.45) is 11.1 Å². The fraction of sp³-hybridized carbons (Fsp3) is 0.750. The van der Waals surface area contributed by atoms with Gasteiger partial charge in [0.05, 0.1) is 12.0 Å². The van der Waals surface area contributed by atoms with Gasteiger partial charge in [0.2, 0.25) is 5.91 Å². The molecule has 0 spiro atoms. The van der Waals surface area contributed by atoms with Crippen LogP contribution in [0.2, 0.25) is 0 Å². The highest BCUT2D eigenvalue weighted by Crippen LogP contribution is 2.39. The molecule has 4 N–H and O–H groups in total. The number of tetrazole rings is 1. The number of nitrogens with one attached hydrogen (secondary N) is 2. The van der Waals surface area contributed by atoms with Gasteiger partial charge in [-0.05, 0) is 12.8 Å². The Labute approximate surface area is 86.8 Å². The molecule has 1 aromatic heterocycles. The predicted molar refractivity (Wildman–Crippen MR) is 51.4 cm³/mol. The first-order valence-corrected chi connectivity index (χ1v) is 4.97. The number of aromatic nitrogens is 4. The topological polar surface area (TPSA) is 110 Å². The highest BCUT2D eigenvalue weighted by Gasteiger charge is 2.42. The summed E-state index contributed by atoms with van der Waals surface area (Å²) in [6.45, 7) is 0.710. The van der Waals surface area contributed by atoms with E-state index in [0.717, 1.165) is 19.3 Å². The largest absolute Gasteiger partial charge is 0.348 e. The summed E-state index contributed by atoms with van der Waals surface area (Å²) in [4.78, 5) is 11.8. The van der Waals surface area contributed by atoms with E-state index >= 15 is 0 Å². The van der Waals surface area contributed by atoms with Crippen molar-refractivity contribution in [2.75, 3.05) is 6.54 Å². The normalized spacial score (nSPS) is 18.2. The zero-order valence-electron chi connectivity index (χ0n) is 8.36. The molecule has 0 unspecified atom stereocenters. The van der Waals surface area contributed by atoms with Crippen LogP contribution in [0.5, 0.6) is 0 Å². The van der Waals surface area contributed by atoms with Crippen molar-refractivity contribution in [1.29, 1.82) is 0 Å². The molecular weight excluding hydrogens is 196 g/mol. The highest BCUT2D eigenvalue weighted by atomic mass is 16.2. The maximum atomic E-state index is 11.8. The summed E-state index contributed by atoms with van der Waals surface area (Å²) in [6.07, 6.45) is 2.83. The first-order chi connectivity index (χ1) is 7.27. The summed E-state index contributed by atoms with van der Waals surface area (Å²) >= 11 is 0. The van der Waals surface area contributed by atoms with E-state index in [-0.39, 0.29) is 11.3 Å². The second kappa shape index (κ2) is 3.93. The number of aromatic amines is 1. The molecule has 0 aliphatic heterocycles. The first-order valence-electron chi connectivity index (χ1n) is 4.97. The van der Waals surface area contributed by atoms with Crippen LogP contribution in [0.4, 0.5) is 0 Å². The summed E-state index contributed by atoms with van der Waals surface area (Å²) in [5.74, 6) is 0.482. The molecule has 0 atom stereocenters. The molecule has 1 amide bonds. The van der Waals surface area contributed by atoms with Gasteiger partial charge in [-0.15, -0.1) is 10.2 Å². The number of nitrogens with zero attached hydrogens (tertiary/aromatic N) is 3. The number of amides is 1. The van der Waals surface area contributed by atoms with Gasteiger partial charge >= 0.3 is 0 Å². The average Bonchev–Trinajstić information content (AvgIpc) is 2.66. The minimum absolute atomic E-state index is 0.000972. The Hall–Kier alpha value is -1.50. The van der Waals surface area contributed by atoms with Crippen molar-refractivity contribution in [3.05, 3.63) is 5.82 Å². The monoisotopic (exact) mass is 210 g/mol. The minimum atomic E-state index is -0.344. The number of hydrogen-bond donors (Lipinski definition) is 3. The molecule has 0 saturated heterocycles. The van der Waals surface area contributed by atoms with Crippen molar-refractivity contribution in [1.82, 2.24) is 25.9 Å². The van der Waals surface area contributed by atoms with Gasteiger partial charge < -0.3 is 11.1 Å². The fourth-order valence-corrected chi connectivity index (χ4v) is 1.73. The summed E-state index contributed by atoms with van der Waals surface area (Å²) in [5.41, 5.74) is 5.26. The maximum Gasteiger partial charge on any atom is 0.227 e. The summed E-state index contributed by atoms with van der Waals surface area (Å²) in [5, 5.41) is 16.0. The van der Waals surface area contributed by atoms with Crippen LogP contribution in [0.15, 0.2) is 0 Å². The lowest BCUT2D eigenvalue weighted by molar-refractivity contribution is -0.135. The Balaban J connectivity index is 1.87. The Morgan fingerprint density at radius 3 is 2.87 bits per heavy atom. The molecule has 1 heterocycles. The van der Waals surface area contributed by atoms with Gasteiger partial charge in [0.1, 0.15) is 0 Å². The van der Waals surface area contributed by atoms with Crippen molar-refractivity contribution >= 4 is 5.91 Å². The van der Waals surface area contributed by atoms with E-state index < -0.39 is 0 Å². The highest BCUT2D eigenvalue weighted by molar-refractivity contribution is 5.83. The van der Waals surface area contributed by atoms with Gasteiger partial charge in [0.25, 0.3) is 0 Å². The van der Waals surface area contributed by atoms with E-state index in [9.17, 15) is 4.79 Å². The predicted octanol–water partition coefficient (Wildman–Crippen LogP) is -1.06. The van der Waals surface area contributed by atoms with Crippen LogP contribution in [0.1, 0.15) is 25.1 Å². The van der Waals surface area contributed by atoms with E-state index in [1.807, 2.05) is 0 Å². The average molecular weight is 210 g/mol. The molecule has 0 bridgehead atoms. The van der Waals surface area contributed by atoms with Gasteiger partial charge in [-0.25, -0.2) is 0 Å². The first kappa shape index (κ1) is 10.0. The van der Waals surface area contributed by atoms with Crippen molar-refractivity contribution in [3.8, 4) is 0 Å². The zero-order chi connectivity index (χ0) is 10.7. The molecule has 15 heavy (non-hydrogen) atoms. The number of hydrogen-bond acceptors (Lipinski definition) is 5. The molecule has 1 fully saturated rings. The van der Waals surface area contributed by atoms with Crippen molar-refractivity contribution < 1.29 is 4.79 Å². The molecule has 1 aliphatic carbocycles. The number of H-pyrrole nitrogens is 1. The summed E-state index contributed by atoms with van der Waals surface area (Å²) in [6, 6.07) is 0. The van der Waals surface area contributed by atoms with Gasteiger partial charge in [-0.3, -0.25) is 4.79 Å². The maximum absolute atomic E-state index is 11.8. The third kappa shape index (κ3) is 1.82. The second-order valence-electron chi connectivity index (χ2n) is 3.85. The molecule has 1 aromatic rings. The molecule has 2 rings (SSSR count). The van der Waals surface area contributed by atoms with Crippen LogP contribution in [-0.4, -0.2) is 33.1 Å². The van der Waals surface area contributed by atoms with Crippen LogP contribution in [0, 0.1) is 5.41 Å². The van der Waals surface area contributed by atoms with E-state index in [1.54, 1.807) is 0 Å². The molecule has 1 saturated carbocycles. The van der Waals surface area contributed by atoms with Crippen LogP contribution >= 0.6 is 0 Å². The molecule has 7 nitrogen and oxygen atoms in total. The SMILES string of the molecule is NCC1(C(=O)NCc2nn[nH]n2)CCC1. The van der Waals surface area contributed by atoms with E-state index in [2.05, 4.69) is 25.9 Å². The molecule has 7 heteroatoms. The van der Waals surface area contributed by atoms with Gasteiger partial charge in [-0.1, -0.05) is 11.6 Å². The van der Waals surface area contributed by atoms with Crippen LogP contribution in [-0.2, 0) is 11.3 Å². The number of nitrogens with two attached hydrogens (primary N) is 1. The lowest BCUT2D eigenvalue weighted by Crippen LogP contribution is -2.50. The quantitative estimate of drug-likeness (QED) is 0.587. The van der Waals surface area contributed by atoms with Gasteiger partial charge in [-0.2, -0.15) is 5.21 Å². The smallest absolute Gasteiger partial charge is 0.227 e. The number of carbonyl (C=O) groups is 1. The Morgan fingerprint density at radius 1 is 1.60 bits per heavy atom.